The molecule has 1 aliphatic heterocycles. The molecule has 1 fully saturated rings. The van der Waals surface area contributed by atoms with Crippen LogP contribution in [0.4, 0.5) is 0 Å². The number of piperidine rings is 1. The average Bonchev–Trinajstić information content (AvgIpc) is 2.19. The van der Waals surface area contributed by atoms with Crippen LogP contribution in [0.2, 0.25) is 0 Å². The fraction of sp³-hybridized carbons (Fsp3) is 0.889. The number of rotatable bonds is 4. The van der Waals surface area contributed by atoms with Crippen molar-refractivity contribution in [1.29, 1.82) is 0 Å². The van der Waals surface area contributed by atoms with Gasteiger partial charge in [-0.3, -0.25) is 4.79 Å². The van der Waals surface area contributed by atoms with E-state index in [2.05, 4.69) is 10.6 Å². The Hall–Kier alpha value is -0.610. The minimum atomic E-state index is 0.0338. The smallest absolute Gasteiger partial charge is 0.237 e. The lowest BCUT2D eigenvalue weighted by atomic mass is 10.0. The van der Waals surface area contributed by atoms with Gasteiger partial charge in [-0.25, -0.2) is 0 Å². The molecule has 1 rings (SSSR count). The van der Waals surface area contributed by atoms with Gasteiger partial charge in [-0.2, -0.15) is 0 Å². The van der Waals surface area contributed by atoms with Gasteiger partial charge in [-0.1, -0.05) is 6.42 Å². The monoisotopic (exact) mass is 185 g/mol. The van der Waals surface area contributed by atoms with E-state index in [1.54, 1.807) is 0 Å². The van der Waals surface area contributed by atoms with E-state index in [4.69, 9.17) is 5.73 Å². The Labute approximate surface area is 79.3 Å². The van der Waals surface area contributed by atoms with Gasteiger partial charge in [0.1, 0.15) is 0 Å². The maximum absolute atomic E-state index is 11.5. The highest BCUT2D eigenvalue weighted by atomic mass is 16.2. The zero-order chi connectivity index (χ0) is 9.52. The quantitative estimate of drug-likeness (QED) is 0.522. The molecule has 0 aromatic carbocycles. The summed E-state index contributed by atoms with van der Waals surface area (Å²) in [5.41, 5.74) is 5.33. The molecular weight excluding hydrogens is 166 g/mol. The van der Waals surface area contributed by atoms with Gasteiger partial charge in [0.15, 0.2) is 0 Å². The summed E-state index contributed by atoms with van der Waals surface area (Å²) in [4.78, 5) is 11.5. The Morgan fingerprint density at radius 1 is 1.54 bits per heavy atom. The van der Waals surface area contributed by atoms with Crippen molar-refractivity contribution in [3.8, 4) is 0 Å². The minimum absolute atomic E-state index is 0.0338. The topological polar surface area (TPSA) is 67.1 Å². The van der Waals surface area contributed by atoms with Crippen LogP contribution in [0.3, 0.4) is 0 Å². The molecule has 0 aromatic heterocycles. The molecule has 0 unspecified atom stereocenters. The highest BCUT2D eigenvalue weighted by Crippen LogP contribution is 2.06. The van der Waals surface area contributed by atoms with E-state index < -0.39 is 0 Å². The van der Waals surface area contributed by atoms with Crippen LogP contribution in [0.5, 0.6) is 0 Å². The number of hydrogen-bond acceptors (Lipinski definition) is 3. The lowest BCUT2D eigenvalue weighted by Gasteiger charge is -2.22. The molecule has 1 heterocycles. The van der Waals surface area contributed by atoms with Gasteiger partial charge in [0.25, 0.3) is 0 Å². The van der Waals surface area contributed by atoms with Crippen molar-refractivity contribution in [1.82, 2.24) is 10.6 Å². The van der Waals surface area contributed by atoms with E-state index in [1.165, 1.54) is 6.42 Å². The molecule has 0 aliphatic carbocycles. The Kier molecular flexibility index (Phi) is 4.78. The molecule has 76 valence electrons. The van der Waals surface area contributed by atoms with Crippen molar-refractivity contribution in [3.63, 3.8) is 0 Å². The number of hydrogen-bond donors (Lipinski definition) is 3. The summed E-state index contributed by atoms with van der Waals surface area (Å²) < 4.78 is 0. The van der Waals surface area contributed by atoms with Gasteiger partial charge in [-0.05, 0) is 32.4 Å². The van der Waals surface area contributed by atoms with Crippen LogP contribution in [-0.4, -0.2) is 31.6 Å². The lowest BCUT2D eigenvalue weighted by molar-refractivity contribution is -0.123. The Bertz CT molecular complexity index is 155. The molecule has 13 heavy (non-hydrogen) atoms. The minimum Gasteiger partial charge on any atom is -0.355 e. The fourth-order valence-electron chi connectivity index (χ4n) is 1.51. The van der Waals surface area contributed by atoms with Crippen LogP contribution < -0.4 is 16.4 Å². The maximum atomic E-state index is 11.5. The van der Waals surface area contributed by atoms with Crippen LogP contribution in [0.25, 0.3) is 0 Å². The van der Waals surface area contributed by atoms with Crippen molar-refractivity contribution in [2.45, 2.75) is 31.7 Å². The molecular formula is C9H19N3O. The van der Waals surface area contributed by atoms with Crippen molar-refractivity contribution in [2.24, 2.45) is 5.73 Å². The predicted octanol–water partition coefficient (Wildman–Crippen LogP) is -0.406. The number of carbonyl (C=O) groups is 1. The molecule has 0 aromatic rings. The molecule has 0 spiro atoms. The third kappa shape index (κ3) is 3.74. The van der Waals surface area contributed by atoms with Crippen molar-refractivity contribution in [3.05, 3.63) is 0 Å². The second kappa shape index (κ2) is 5.94. The third-order valence-electron chi connectivity index (χ3n) is 2.31. The van der Waals surface area contributed by atoms with Gasteiger partial charge < -0.3 is 16.4 Å². The first-order valence-electron chi connectivity index (χ1n) is 5.06. The standard InChI is InChI=1S/C9H19N3O/c10-5-3-7-12-9(13)8-4-1-2-6-11-8/h8,11H,1-7,10H2,(H,12,13)/t8-/m1/s1. The number of amides is 1. The Balaban J connectivity index is 2.13. The van der Waals surface area contributed by atoms with E-state index in [9.17, 15) is 4.79 Å². The summed E-state index contributed by atoms with van der Waals surface area (Å²) in [5.74, 6) is 0.133. The van der Waals surface area contributed by atoms with Crippen molar-refractivity contribution in [2.75, 3.05) is 19.6 Å². The van der Waals surface area contributed by atoms with Crippen LogP contribution in [0.1, 0.15) is 25.7 Å². The summed E-state index contributed by atoms with van der Waals surface area (Å²) >= 11 is 0. The summed E-state index contributed by atoms with van der Waals surface area (Å²) in [6.45, 7) is 2.31. The summed E-state index contributed by atoms with van der Waals surface area (Å²) in [5, 5.41) is 6.07. The molecule has 1 saturated heterocycles. The SMILES string of the molecule is NCCCNC(=O)[C@H]1CCCCN1. The van der Waals surface area contributed by atoms with Gasteiger partial charge in [0.2, 0.25) is 5.91 Å². The molecule has 0 radical (unpaired) electrons. The molecule has 1 aliphatic rings. The zero-order valence-corrected chi connectivity index (χ0v) is 8.01. The summed E-state index contributed by atoms with van der Waals surface area (Å²) in [7, 11) is 0. The average molecular weight is 185 g/mol. The first kappa shape index (κ1) is 10.5. The summed E-state index contributed by atoms with van der Waals surface area (Å²) in [6, 6.07) is 0.0338. The van der Waals surface area contributed by atoms with Crippen LogP contribution >= 0.6 is 0 Å². The Morgan fingerprint density at radius 2 is 2.38 bits per heavy atom. The number of nitrogens with one attached hydrogen (secondary N) is 2. The van der Waals surface area contributed by atoms with E-state index in [0.717, 1.165) is 25.8 Å². The maximum Gasteiger partial charge on any atom is 0.237 e. The largest absolute Gasteiger partial charge is 0.355 e. The van der Waals surface area contributed by atoms with Gasteiger partial charge in [-0.15, -0.1) is 0 Å². The molecule has 4 N–H and O–H groups in total. The predicted molar refractivity (Wildman–Crippen MR) is 52.3 cm³/mol. The zero-order valence-electron chi connectivity index (χ0n) is 8.01. The van der Waals surface area contributed by atoms with E-state index in [1.807, 2.05) is 0 Å². The van der Waals surface area contributed by atoms with Crippen LogP contribution in [0.15, 0.2) is 0 Å². The Morgan fingerprint density at radius 3 is 3.00 bits per heavy atom. The van der Waals surface area contributed by atoms with E-state index in [0.29, 0.717) is 13.1 Å². The third-order valence-corrected chi connectivity index (χ3v) is 2.31. The normalized spacial score (nSPS) is 22.7. The number of carbonyl (C=O) groups excluding carboxylic acids is 1. The van der Waals surface area contributed by atoms with Gasteiger partial charge in [0.05, 0.1) is 6.04 Å². The fourth-order valence-corrected chi connectivity index (χ4v) is 1.51. The molecule has 1 amide bonds. The first-order valence-corrected chi connectivity index (χ1v) is 5.06. The highest BCUT2D eigenvalue weighted by Gasteiger charge is 2.19. The second-order valence-electron chi connectivity index (χ2n) is 3.44. The lowest BCUT2D eigenvalue weighted by Crippen LogP contribution is -2.46. The molecule has 0 bridgehead atoms. The summed E-state index contributed by atoms with van der Waals surface area (Å²) in [6.07, 6.45) is 4.17. The van der Waals surface area contributed by atoms with E-state index >= 15 is 0 Å². The molecule has 0 saturated carbocycles. The second-order valence-corrected chi connectivity index (χ2v) is 3.44. The molecule has 1 atom stereocenters. The highest BCUT2D eigenvalue weighted by molar-refractivity contribution is 5.81. The van der Waals surface area contributed by atoms with E-state index in [-0.39, 0.29) is 11.9 Å². The first-order chi connectivity index (χ1) is 6.34. The van der Waals surface area contributed by atoms with Gasteiger partial charge >= 0.3 is 0 Å². The van der Waals surface area contributed by atoms with Crippen LogP contribution in [0, 0.1) is 0 Å². The van der Waals surface area contributed by atoms with Crippen LogP contribution in [-0.2, 0) is 4.79 Å². The molecule has 4 nitrogen and oxygen atoms in total. The molecule has 4 heteroatoms. The number of nitrogens with two attached hydrogens (primary N) is 1. The van der Waals surface area contributed by atoms with Gasteiger partial charge in [0, 0.05) is 6.54 Å². The van der Waals surface area contributed by atoms with Crippen molar-refractivity contribution < 1.29 is 4.79 Å². The van der Waals surface area contributed by atoms with Crippen molar-refractivity contribution >= 4 is 5.91 Å².